The van der Waals surface area contributed by atoms with Crippen molar-refractivity contribution in [3.8, 4) is 12.3 Å². The second kappa shape index (κ2) is 4.79. The Morgan fingerprint density at radius 2 is 2.21 bits per heavy atom. The highest BCUT2D eigenvalue weighted by atomic mass is 16.4. The van der Waals surface area contributed by atoms with E-state index >= 15 is 0 Å². The van der Waals surface area contributed by atoms with E-state index in [1.807, 2.05) is 26.0 Å². The molecular formula is C15H15NO3. The molecule has 0 saturated heterocycles. The van der Waals surface area contributed by atoms with Gasteiger partial charge in [-0.05, 0) is 37.6 Å². The Morgan fingerprint density at radius 1 is 1.47 bits per heavy atom. The molecule has 4 nitrogen and oxygen atoms in total. The second-order valence-electron chi connectivity index (χ2n) is 4.91. The van der Waals surface area contributed by atoms with Crippen molar-refractivity contribution in [1.29, 1.82) is 0 Å². The van der Waals surface area contributed by atoms with Crippen LogP contribution in [0.5, 0.6) is 0 Å². The van der Waals surface area contributed by atoms with E-state index < -0.39 is 5.97 Å². The number of carboxylic acids is 1. The van der Waals surface area contributed by atoms with Gasteiger partial charge in [0.1, 0.15) is 5.58 Å². The third-order valence-electron chi connectivity index (χ3n) is 2.89. The first-order chi connectivity index (χ1) is 8.91. The summed E-state index contributed by atoms with van der Waals surface area (Å²) in [5, 5.41) is 12.9. The van der Waals surface area contributed by atoms with Crippen molar-refractivity contribution in [3.05, 3.63) is 35.6 Å². The van der Waals surface area contributed by atoms with Gasteiger partial charge in [0.25, 0.3) is 0 Å². The van der Waals surface area contributed by atoms with Crippen LogP contribution in [0.4, 0.5) is 0 Å². The number of nitrogens with one attached hydrogen (secondary N) is 1. The molecule has 0 spiro atoms. The quantitative estimate of drug-likeness (QED) is 0.826. The summed E-state index contributed by atoms with van der Waals surface area (Å²) in [5.74, 6) is 1.54. The lowest BCUT2D eigenvalue weighted by Gasteiger charge is -2.19. The van der Waals surface area contributed by atoms with Crippen LogP contribution in [0.25, 0.3) is 11.0 Å². The summed E-state index contributed by atoms with van der Waals surface area (Å²) < 4.78 is 5.20. The molecule has 0 amide bonds. The van der Waals surface area contributed by atoms with E-state index in [-0.39, 0.29) is 11.3 Å². The van der Waals surface area contributed by atoms with Crippen LogP contribution < -0.4 is 5.32 Å². The number of rotatable bonds is 4. The molecule has 0 saturated carbocycles. The molecule has 0 unspecified atom stereocenters. The highest BCUT2D eigenvalue weighted by Crippen LogP contribution is 2.21. The number of furan rings is 1. The number of carboxylic acid groups (broad SMARTS) is 1. The van der Waals surface area contributed by atoms with Crippen molar-refractivity contribution >= 4 is 16.9 Å². The maximum Gasteiger partial charge on any atom is 0.371 e. The fourth-order valence-electron chi connectivity index (χ4n) is 1.68. The molecule has 2 aromatic rings. The van der Waals surface area contributed by atoms with Crippen LogP contribution in [0, 0.1) is 12.3 Å². The molecular weight excluding hydrogens is 242 g/mol. The number of terminal acetylenes is 1. The molecule has 1 aromatic heterocycles. The maximum atomic E-state index is 10.8. The molecule has 98 valence electrons. The Bertz CT molecular complexity index is 662. The number of hydrogen-bond donors (Lipinski definition) is 2. The minimum atomic E-state index is -1.07. The predicted molar refractivity (Wildman–Crippen MR) is 72.9 cm³/mol. The third kappa shape index (κ3) is 2.95. The van der Waals surface area contributed by atoms with Gasteiger partial charge in [-0.15, -0.1) is 6.42 Å². The minimum absolute atomic E-state index is 0.0518. The number of benzene rings is 1. The summed E-state index contributed by atoms with van der Waals surface area (Å²) in [4.78, 5) is 10.8. The third-order valence-corrected chi connectivity index (χ3v) is 2.89. The van der Waals surface area contributed by atoms with Gasteiger partial charge in [-0.3, -0.25) is 5.32 Å². The topological polar surface area (TPSA) is 62.5 Å². The van der Waals surface area contributed by atoms with Crippen LogP contribution in [0.1, 0.15) is 30.0 Å². The molecule has 0 aliphatic carbocycles. The van der Waals surface area contributed by atoms with Crippen molar-refractivity contribution in [2.45, 2.75) is 25.9 Å². The number of carbonyl (C=O) groups is 1. The van der Waals surface area contributed by atoms with Gasteiger partial charge in [-0.1, -0.05) is 12.0 Å². The van der Waals surface area contributed by atoms with Gasteiger partial charge in [-0.25, -0.2) is 4.79 Å². The zero-order valence-electron chi connectivity index (χ0n) is 10.9. The van der Waals surface area contributed by atoms with Gasteiger partial charge in [-0.2, -0.15) is 0 Å². The molecule has 0 aliphatic heterocycles. The summed E-state index contributed by atoms with van der Waals surface area (Å²) in [6.45, 7) is 4.46. The number of hydrogen-bond acceptors (Lipinski definition) is 3. The Labute approximate surface area is 111 Å². The van der Waals surface area contributed by atoms with Crippen molar-refractivity contribution in [2.24, 2.45) is 0 Å². The van der Waals surface area contributed by atoms with Crippen molar-refractivity contribution in [1.82, 2.24) is 5.32 Å². The first-order valence-electron chi connectivity index (χ1n) is 5.90. The summed E-state index contributed by atoms with van der Waals surface area (Å²) in [6, 6.07) is 7.07. The zero-order chi connectivity index (χ0) is 14.0. The SMILES string of the molecule is C#CC(C)(C)NCc1ccc2oc(C(=O)O)cc2c1. The zero-order valence-corrected chi connectivity index (χ0v) is 10.9. The van der Waals surface area contributed by atoms with E-state index in [0.29, 0.717) is 12.1 Å². The molecule has 0 radical (unpaired) electrons. The van der Waals surface area contributed by atoms with Gasteiger partial charge in [0.15, 0.2) is 0 Å². The Hall–Kier alpha value is -2.25. The van der Waals surface area contributed by atoms with Gasteiger partial charge < -0.3 is 9.52 Å². The molecule has 2 N–H and O–H groups in total. The van der Waals surface area contributed by atoms with Crippen LogP contribution in [0.3, 0.4) is 0 Å². The lowest BCUT2D eigenvalue weighted by atomic mass is 10.1. The Morgan fingerprint density at radius 3 is 2.84 bits per heavy atom. The largest absolute Gasteiger partial charge is 0.475 e. The van der Waals surface area contributed by atoms with Gasteiger partial charge in [0.05, 0.1) is 5.54 Å². The van der Waals surface area contributed by atoms with Crippen LogP contribution in [0.15, 0.2) is 28.7 Å². The van der Waals surface area contributed by atoms with E-state index in [4.69, 9.17) is 15.9 Å². The lowest BCUT2D eigenvalue weighted by Crippen LogP contribution is -2.36. The molecule has 0 fully saturated rings. The van der Waals surface area contributed by atoms with E-state index in [1.165, 1.54) is 6.07 Å². The summed E-state index contributed by atoms with van der Waals surface area (Å²) in [5.41, 5.74) is 1.21. The predicted octanol–water partition coefficient (Wildman–Crippen LogP) is 2.63. The molecule has 0 aliphatic rings. The van der Waals surface area contributed by atoms with E-state index in [0.717, 1.165) is 10.9 Å². The van der Waals surface area contributed by atoms with E-state index in [1.54, 1.807) is 6.07 Å². The normalized spacial score (nSPS) is 11.4. The standard InChI is InChI=1S/C15H15NO3/c1-4-15(2,3)16-9-10-5-6-12-11(7-10)8-13(19-12)14(17)18/h1,5-8,16H,9H2,2-3H3,(H,17,18). The van der Waals surface area contributed by atoms with Crippen LogP contribution in [-0.2, 0) is 6.54 Å². The second-order valence-corrected chi connectivity index (χ2v) is 4.91. The smallest absolute Gasteiger partial charge is 0.371 e. The first-order valence-corrected chi connectivity index (χ1v) is 5.90. The monoisotopic (exact) mass is 257 g/mol. The van der Waals surface area contributed by atoms with Gasteiger partial charge >= 0.3 is 5.97 Å². The Balaban J connectivity index is 2.22. The average molecular weight is 257 g/mol. The van der Waals surface area contributed by atoms with Gasteiger partial charge in [0.2, 0.25) is 5.76 Å². The fraction of sp³-hybridized carbons (Fsp3) is 0.267. The molecule has 19 heavy (non-hydrogen) atoms. The first kappa shape index (κ1) is 13.2. The van der Waals surface area contributed by atoms with Crippen LogP contribution in [0.2, 0.25) is 0 Å². The lowest BCUT2D eigenvalue weighted by molar-refractivity contribution is 0.0665. The molecule has 0 atom stereocenters. The van der Waals surface area contributed by atoms with Crippen LogP contribution in [-0.4, -0.2) is 16.6 Å². The Kier molecular flexibility index (Phi) is 3.32. The maximum absolute atomic E-state index is 10.8. The van der Waals surface area contributed by atoms with Gasteiger partial charge in [0, 0.05) is 11.9 Å². The molecule has 2 rings (SSSR count). The average Bonchev–Trinajstić information content (AvgIpc) is 2.79. The van der Waals surface area contributed by atoms with E-state index in [9.17, 15) is 4.79 Å². The summed E-state index contributed by atoms with van der Waals surface area (Å²) in [7, 11) is 0. The number of fused-ring (bicyclic) bond motifs is 1. The highest BCUT2D eigenvalue weighted by Gasteiger charge is 2.13. The van der Waals surface area contributed by atoms with Crippen LogP contribution >= 0.6 is 0 Å². The summed E-state index contributed by atoms with van der Waals surface area (Å²) >= 11 is 0. The van der Waals surface area contributed by atoms with Crippen molar-refractivity contribution in [3.63, 3.8) is 0 Å². The van der Waals surface area contributed by atoms with Crippen molar-refractivity contribution < 1.29 is 14.3 Å². The minimum Gasteiger partial charge on any atom is -0.475 e. The molecule has 1 aromatic carbocycles. The summed E-state index contributed by atoms with van der Waals surface area (Å²) in [6.07, 6.45) is 5.40. The van der Waals surface area contributed by atoms with E-state index in [2.05, 4.69) is 11.2 Å². The molecule has 0 bridgehead atoms. The highest BCUT2D eigenvalue weighted by molar-refractivity contribution is 5.91. The molecule has 1 heterocycles. The van der Waals surface area contributed by atoms with Crippen molar-refractivity contribution in [2.75, 3.05) is 0 Å². The number of aromatic carboxylic acids is 1. The molecule has 4 heteroatoms. The fourth-order valence-corrected chi connectivity index (χ4v) is 1.68.